The van der Waals surface area contributed by atoms with Gasteiger partial charge in [-0.3, -0.25) is 4.90 Å². The summed E-state index contributed by atoms with van der Waals surface area (Å²) >= 11 is 7.23. The molecule has 1 aromatic rings. The van der Waals surface area contributed by atoms with Gasteiger partial charge in [-0.2, -0.15) is 0 Å². The summed E-state index contributed by atoms with van der Waals surface area (Å²) in [5.41, 5.74) is 1.27. The summed E-state index contributed by atoms with van der Waals surface area (Å²) in [6.45, 7) is 1.90. The van der Waals surface area contributed by atoms with Gasteiger partial charge in [0, 0.05) is 16.0 Å². The molecule has 0 spiro atoms. The van der Waals surface area contributed by atoms with Crippen molar-refractivity contribution in [2.75, 3.05) is 27.3 Å². The van der Waals surface area contributed by atoms with Crippen molar-refractivity contribution in [3.05, 3.63) is 20.6 Å². The van der Waals surface area contributed by atoms with Crippen LogP contribution in [-0.4, -0.2) is 38.3 Å². The Hall–Kier alpha value is -0.260. The summed E-state index contributed by atoms with van der Waals surface area (Å²) in [5.74, 6) is 2.24. The zero-order valence-corrected chi connectivity index (χ0v) is 14.3. The van der Waals surface area contributed by atoms with Gasteiger partial charge in [0.05, 0.1) is 17.6 Å². The van der Waals surface area contributed by atoms with E-state index in [0.717, 1.165) is 33.6 Å². The number of likely N-dealkylation sites (N-methyl/N-ethyl adjacent to an activating group) is 1. The molecular weight excluding hydrogens is 374 g/mol. The van der Waals surface area contributed by atoms with E-state index in [4.69, 9.17) is 9.47 Å². The second-order valence-corrected chi connectivity index (χ2v) is 6.93. The van der Waals surface area contributed by atoms with E-state index in [0.29, 0.717) is 12.0 Å². The lowest BCUT2D eigenvalue weighted by atomic mass is 9.82. The molecule has 0 N–H and O–H groups in total. The minimum atomic E-state index is 0.475. The number of hydrogen-bond acceptors (Lipinski definition) is 3. The monoisotopic (exact) mass is 389 g/mol. The van der Waals surface area contributed by atoms with Crippen molar-refractivity contribution in [3.8, 4) is 11.5 Å². The summed E-state index contributed by atoms with van der Waals surface area (Å²) in [7, 11) is 3.88. The van der Waals surface area contributed by atoms with Crippen molar-refractivity contribution in [1.82, 2.24) is 4.90 Å². The number of rotatable bonds is 1. The van der Waals surface area contributed by atoms with E-state index in [1.807, 2.05) is 0 Å². The number of likely N-dealkylation sites (tertiary alicyclic amines) is 1. The molecule has 2 aliphatic heterocycles. The average molecular weight is 391 g/mol. The Labute approximate surface area is 130 Å². The molecule has 2 aliphatic rings. The van der Waals surface area contributed by atoms with Gasteiger partial charge < -0.3 is 9.47 Å². The van der Waals surface area contributed by atoms with Crippen LogP contribution in [0.5, 0.6) is 11.5 Å². The summed E-state index contributed by atoms with van der Waals surface area (Å²) in [6, 6.07) is 2.54. The van der Waals surface area contributed by atoms with E-state index in [1.165, 1.54) is 18.4 Å². The van der Waals surface area contributed by atoms with E-state index in [2.05, 4.69) is 49.9 Å². The van der Waals surface area contributed by atoms with Gasteiger partial charge in [0.25, 0.3) is 0 Å². The standard InChI is InChI=1S/C14H17Br2NO2/c1-17-5-3-4-8-11(17)7-19-14-12(8)9(15)6-10(16)13(14)18-2/h6,8,11H,3-5,7H2,1-2H3/t8-,11+/m0/s1. The summed E-state index contributed by atoms with van der Waals surface area (Å²) < 4.78 is 13.6. The first-order valence-electron chi connectivity index (χ1n) is 6.52. The molecule has 104 valence electrons. The van der Waals surface area contributed by atoms with Crippen LogP contribution in [-0.2, 0) is 0 Å². The SMILES string of the molecule is COc1c(Br)cc(Br)c2c1OC[C@@H]1[C@@H]2CCCN1C. The van der Waals surface area contributed by atoms with E-state index in [9.17, 15) is 0 Å². The quantitative estimate of drug-likeness (QED) is 0.728. The molecule has 3 nitrogen and oxygen atoms in total. The Bertz CT molecular complexity index is 507. The lowest BCUT2D eigenvalue weighted by Gasteiger charge is -2.43. The van der Waals surface area contributed by atoms with Crippen LogP contribution in [0.25, 0.3) is 0 Å². The van der Waals surface area contributed by atoms with Crippen molar-refractivity contribution in [3.63, 3.8) is 0 Å². The number of hydrogen-bond donors (Lipinski definition) is 0. The number of ether oxygens (including phenoxy) is 2. The molecule has 3 rings (SSSR count). The molecule has 5 heteroatoms. The van der Waals surface area contributed by atoms with E-state index >= 15 is 0 Å². The minimum Gasteiger partial charge on any atom is -0.492 e. The van der Waals surface area contributed by atoms with E-state index < -0.39 is 0 Å². The van der Waals surface area contributed by atoms with Crippen molar-refractivity contribution >= 4 is 31.9 Å². The third-order valence-corrected chi connectivity index (χ3v) is 5.45. The van der Waals surface area contributed by atoms with E-state index in [1.54, 1.807) is 7.11 Å². The fraction of sp³-hybridized carbons (Fsp3) is 0.571. The lowest BCUT2D eigenvalue weighted by Crippen LogP contribution is -2.47. The highest BCUT2D eigenvalue weighted by Gasteiger charge is 2.39. The van der Waals surface area contributed by atoms with E-state index in [-0.39, 0.29) is 0 Å². The van der Waals surface area contributed by atoms with Gasteiger partial charge >= 0.3 is 0 Å². The largest absolute Gasteiger partial charge is 0.492 e. The highest BCUT2D eigenvalue weighted by atomic mass is 79.9. The van der Waals surface area contributed by atoms with Crippen LogP contribution in [0, 0.1) is 0 Å². The molecule has 0 unspecified atom stereocenters. The Morgan fingerprint density at radius 1 is 1.37 bits per heavy atom. The zero-order valence-electron chi connectivity index (χ0n) is 11.1. The van der Waals surface area contributed by atoms with Gasteiger partial charge in [-0.05, 0) is 48.4 Å². The molecular formula is C14H17Br2NO2. The van der Waals surface area contributed by atoms with Gasteiger partial charge in [-0.25, -0.2) is 0 Å². The summed E-state index contributed by atoms with van der Waals surface area (Å²) in [4.78, 5) is 2.41. The number of nitrogens with zero attached hydrogens (tertiary/aromatic N) is 1. The van der Waals surface area contributed by atoms with Crippen LogP contribution in [0.1, 0.15) is 24.3 Å². The first kappa shape index (κ1) is 13.7. The second-order valence-electron chi connectivity index (χ2n) is 5.22. The Morgan fingerprint density at radius 2 is 2.16 bits per heavy atom. The third kappa shape index (κ3) is 2.20. The molecule has 1 aromatic carbocycles. The number of fused-ring (bicyclic) bond motifs is 3. The summed E-state index contributed by atoms with van der Waals surface area (Å²) in [6.07, 6.45) is 2.46. The molecule has 19 heavy (non-hydrogen) atoms. The van der Waals surface area contributed by atoms with Crippen LogP contribution in [0.15, 0.2) is 15.0 Å². The molecule has 2 atom stereocenters. The van der Waals surface area contributed by atoms with Crippen LogP contribution >= 0.6 is 31.9 Å². The zero-order chi connectivity index (χ0) is 13.6. The molecule has 1 saturated heterocycles. The smallest absolute Gasteiger partial charge is 0.175 e. The van der Waals surface area contributed by atoms with Gasteiger partial charge in [-0.15, -0.1) is 0 Å². The normalized spacial score (nSPS) is 26.3. The maximum atomic E-state index is 6.02. The van der Waals surface area contributed by atoms with Gasteiger partial charge in [0.15, 0.2) is 11.5 Å². The highest BCUT2D eigenvalue weighted by Crippen LogP contribution is 2.51. The molecule has 0 amide bonds. The first-order chi connectivity index (χ1) is 9.13. The maximum absolute atomic E-state index is 6.02. The third-order valence-electron chi connectivity index (χ3n) is 4.21. The molecule has 0 aliphatic carbocycles. The van der Waals surface area contributed by atoms with Gasteiger partial charge in [-0.1, -0.05) is 15.9 Å². The Balaban J connectivity index is 2.12. The number of halogens is 2. The lowest BCUT2D eigenvalue weighted by molar-refractivity contribution is 0.0842. The fourth-order valence-electron chi connectivity index (χ4n) is 3.25. The molecule has 0 radical (unpaired) electrons. The van der Waals surface area contributed by atoms with Crippen LogP contribution < -0.4 is 9.47 Å². The highest BCUT2D eigenvalue weighted by molar-refractivity contribution is 9.11. The molecule has 1 fully saturated rings. The number of methoxy groups -OCH3 is 1. The minimum absolute atomic E-state index is 0.475. The van der Waals surface area contributed by atoms with Crippen LogP contribution in [0.4, 0.5) is 0 Å². The maximum Gasteiger partial charge on any atom is 0.175 e. The molecule has 2 heterocycles. The predicted octanol–water partition coefficient (Wildman–Crippen LogP) is 3.79. The van der Waals surface area contributed by atoms with Gasteiger partial charge in [0.1, 0.15) is 6.61 Å². The van der Waals surface area contributed by atoms with Crippen molar-refractivity contribution in [1.29, 1.82) is 0 Å². The Kier molecular flexibility index (Phi) is 3.80. The van der Waals surface area contributed by atoms with Gasteiger partial charge in [0.2, 0.25) is 0 Å². The van der Waals surface area contributed by atoms with Crippen molar-refractivity contribution in [2.24, 2.45) is 0 Å². The molecule has 0 aromatic heterocycles. The Morgan fingerprint density at radius 3 is 2.89 bits per heavy atom. The summed E-state index contributed by atoms with van der Waals surface area (Å²) in [5, 5.41) is 0. The predicted molar refractivity (Wildman–Crippen MR) is 82.3 cm³/mol. The first-order valence-corrected chi connectivity index (χ1v) is 8.11. The number of benzene rings is 1. The fourth-order valence-corrected chi connectivity index (χ4v) is 4.83. The average Bonchev–Trinajstić information content (AvgIpc) is 2.38. The number of piperidine rings is 1. The van der Waals surface area contributed by atoms with Crippen LogP contribution in [0.3, 0.4) is 0 Å². The van der Waals surface area contributed by atoms with Crippen molar-refractivity contribution in [2.45, 2.75) is 24.8 Å². The second kappa shape index (κ2) is 5.26. The van der Waals surface area contributed by atoms with Crippen LogP contribution in [0.2, 0.25) is 0 Å². The molecule has 0 saturated carbocycles. The van der Waals surface area contributed by atoms with Crippen molar-refractivity contribution < 1.29 is 9.47 Å². The topological polar surface area (TPSA) is 21.7 Å². The molecule has 0 bridgehead atoms.